The smallest absolute Gasteiger partial charge is 0.261 e. The van der Waals surface area contributed by atoms with Gasteiger partial charge in [-0.3, -0.25) is 4.79 Å². The van der Waals surface area contributed by atoms with Crippen LogP contribution in [0.4, 0.5) is 0 Å². The van der Waals surface area contributed by atoms with E-state index in [4.69, 9.17) is 10.5 Å². The summed E-state index contributed by atoms with van der Waals surface area (Å²) in [5, 5.41) is 0. The first-order valence-corrected chi connectivity index (χ1v) is 5.27. The van der Waals surface area contributed by atoms with Crippen molar-refractivity contribution in [1.82, 2.24) is 0 Å². The second-order valence-corrected chi connectivity index (χ2v) is 3.98. The summed E-state index contributed by atoms with van der Waals surface area (Å²) in [4.78, 5) is 11.4. The first-order valence-electron chi connectivity index (χ1n) is 5.27. The third kappa shape index (κ3) is 1.96. The van der Waals surface area contributed by atoms with Crippen LogP contribution in [0.25, 0.3) is 0 Å². The van der Waals surface area contributed by atoms with Crippen molar-refractivity contribution in [3.8, 4) is 5.75 Å². The molecule has 0 unspecified atom stereocenters. The van der Waals surface area contributed by atoms with Gasteiger partial charge >= 0.3 is 0 Å². The third-order valence-electron chi connectivity index (χ3n) is 2.92. The van der Waals surface area contributed by atoms with E-state index >= 15 is 0 Å². The zero-order valence-electron chi connectivity index (χ0n) is 8.61. The van der Waals surface area contributed by atoms with Crippen molar-refractivity contribution >= 4 is 5.91 Å². The fraction of sp³-hybridized carbons (Fsp3) is 0.417. The van der Waals surface area contributed by atoms with Crippen molar-refractivity contribution in [3.63, 3.8) is 0 Å². The predicted molar refractivity (Wildman–Crippen MR) is 57.5 cm³/mol. The van der Waals surface area contributed by atoms with Gasteiger partial charge in [0.15, 0.2) is 5.60 Å². The molecular formula is C12H15NO2. The zero-order valence-corrected chi connectivity index (χ0v) is 8.61. The van der Waals surface area contributed by atoms with Crippen molar-refractivity contribution in [2.24, 2.45) is 5.73 Å². The van der Waals surface area contributed by atoms with Crippen molar-refractivity contribution in [1.29, 1.82) is 0 Å². The second kappa shape index (κ2) is 3.93. The molecule has 1 fully saturated rings. The molecule has 1 amide bonds. The molecule has 1 saturated carbocycles. The molecule has 15 heavy (non-hydrogen) atoms. The van der Waals surface area contributed by atoms with E-state index < -0.39 is 5.60 Å². The van der Waals surface area contributed by atoms with Crippen LogP contribution in [0.2, 0.25) is 0 Å². The Bertz CT molecular complexity index is 342. The monoisotopic (exact) mass is 205 g/mol. The molecule has 0 spiro atoms. The van der Waals surface area contributed by atoms with Gasteiger partial charge in [0, 0.05) is 0 Å². The molecule has 2 rings (SSSR count). The first-order chi connectivity index (χ1) is 7.23. The van der Waals surface area contributed by atoms with Gasteiger partial charge in [0.25, 0.3) is 5.91 Å². The number of benzene rings is 1. The van der Waals surface area contributed by atoms with Crippen molar-refractivity contribution < 1.29 is 9.53 Å². The topological polar surface area (TPSA) is 52.3 Å². The minimum absolute atomic E-state index is 0.344. The molecule has 3 heteroatoms. The summed E-state index contributed by atoms with van der Waals surface area (Å²) in [5.74, 6) is 0.377. The Morgan fingerprint density at radius 3 is 2.33 bits per heavy atom. The minimum Gasteiger partial charge on any atom is -0.477 e. The molecule has 0 radical (unpaired) electrons. The molecule has 3 nitrogen and oxygen atoms in total. The van der Waals surface area contributed by atoms with Crippen LogP contribution in [0.1, 0.15) is 25.7 Å². The highest BCUT2D eigenvalue weighted by Crippen LogP contribution is 2.34. The lowest BCUT2D eigenvalue weighted by Crippen LogP contribution is -2.46. The lowest BCUT2D eigenvalue weighted by atomic mass is 10.0. The predicted octanol–water partition coefficient (Wildman–Crippen LogP) is 1.86. The van der Waals surface area contributed by atoms with Crippen LogP contribution >= 0.6 is 0 Å². The van der Waals surface area contributed by atoms with E-state index in [9.17, 15) is 4.79 Å². The number of hydrogen-bond acceptors (Lipinski definition) is 2. The molecule has 0 aromatic heterocycles. The second-order valence-electron chi connectivity index (χ2n) is 3.98. The maximum absolute atomic E-state index is 11.4. The molecule has 1 aliphatic rings. The summed E-state index contributed by atoms with van der Waals surface area (Å²) in [6.45, 7) is 0. The molecule has 2 N–H and O–H groups in total. The number of carbonyl (C=O) groups excluding carboxylic acids is 1. The highest BCUT2D eigenvalue weighted by Gasteiger charge is 2.41. The van der Waals surface area contributed by atoms with Gasteiger partial charge < -0.3 is 10.5 Å². The number of primary amides is 1. The van der Waals surface area contributed by atoms with Crippen LogP contribution in [0, 0.1) is 0 Å². The molecule has 1 aromatic rings. The Kier molecular flexibility index (Phi) is 2.62. The Labute approximate surface area is 89.2 Å². The molecule has 0 bridgehead atoms. The quantitative estimate of drug-likeness (QED) is 0.818. The average Bonchev–Trinajstić information content (AvgIpc) is 2.69. The minimum atomic E-state index is -0.763. The number of carbonyl (C=O) groups is 1. The summed E-state index contributed by atoms with van der Waals surface area (Å²) >= 11 is 0. The van der Waals surface area contributed by atoms with E-state index in [0.717, 1.165) is 31.4 Å². The summed E-state index contributed by atoms with van der Waals surface area (Å²) in [6.07, 6.45) is 3.49. The van der Waals surface area contributed by atoms with Crippen molar-refractivity contribution in [2.45, 2.75) is 31.3 Å². The number of para-hydroxylation sites is 1. The van der Waals surface area contributed by atoms with Crippen LogP contribution in [-0.2, 0) is 4.79 Å². The summed E-state index contributed by atoms with van der Waals surface area (Å²) < 4.78 is 5.75. The number of hydrogen-bond donors (Lipinski definition) is 1. The van der Waals surface area contributed by atoms with E-state index in [-0.39, 0.29) is 5.91 Å². The molecule has 0 atom stereocenters. The van der Waals surface area contributed by atoms with Crippen molar-refractivity contribution in [3.05, 3.63) is 30.3 Å². The number of nitrogens with two attached hydrogens (primary N) is 1. The summed E-state index contributed by atoms with van der Waals surface area (Å²) in [6, 6.07) is 9.39. The van der Waals surface area contributed by atoms with Crippen LogP contribution in [-0.4, -0.2) is 11.5 Å². The largest absolute Gasteiger partial charge is 0.477 e. The van der Waals surface area contributed by atoms with Gasteiger partial charge in [0.1, 0.15) is 5.75 Å². The van der Waals surface area contributed by atoms with Gasteiger partial charge in [-0.15, -0.1) is 0 Å². The lowest BCUT2D eigenvalue weighted by Gasteiger charge is -2.26. The first kappa shape index (κ1) is 10.0. The maximum Gasteiger partial charge on any atom is 0.261 e. The van der Waals surface area contributed by atoms with E-state index in [0.29, 0.717) is 0 Å². The van der Waals surface area contributed by atoms with E-state index in [1.54, 1.807) is 0 Å². The fourth-order valence-electron chi connectivity index (χ4n) is 2.06. The van der Waals surface area contributed by atoms with Gasteiger partial charge in [-0.2, -0.15) is 0 Å². The lowest BCUT2D eigenvalue weighted by molar-refractivity contribution is -0.132. The summed E-state index contributed by atoms with van der Waals surface area (Å²) in [5.41, 5.74) is 4.65. The zero-order chi connectivity index (χ0) is 10.7. The van der Waals surface area contributed by atoms with Gasteiger partial charge in [0.2, 0.25) is 0 Å². The number of rotatable bonds is 3. The fourth-order valence-corrected chi connectivity index (χ4v) is 2.06. The Hall–Kier alpha value is -1.51. The van der Waals surface area contributed by atoms with Crippen LogP contribution in [0.5, 0.6) is 5.75 Å². The van der Waals surface area contributed by atoms with E-state index in [1.165, 1.54) is 0 Å². The molecule has 0 aliphatic heterocycles. The molecule has 1 aromatic carbocycles. The highest BCUT2D eigenvalue weighted by molar-refractivity contribution is 5.84. The standard InChI is InChI=1S/C12H15NO2/c13-11(14)12(8-4-5-9-12)15-10-6-2-1-3-7-10/h1-3,6-7H,4-5,8-9H2,(H2,13,14). The summed E-state index contributed by atoms with van der Waals surface area (Å²) in [7, 11) is 0. The molecular weight excluding hydrogens is 190 g/mol. The third-order valence-corrected chi connectivity index (χ3v) is 2.92. The maximum atomic E-state index is 11.4. The van der Waals surface area contributed by atoms with Crippen LogP contribution in [0.3, 0.4) is 0 Å². The average molecular weight is 205 g/mol. The molecule has 0 heterocycles. The Morgan fingerprint density at radius 2 is 1.80 bits per heavy atom. The van der Waals surface area contributed by atoms with E-state index in [1.807, 2.05) is 30.3 Å². The molecule has 0 saturated heterocycles. The van der Waals surface area contributed by atoms with Gasteiger partial charge in [-0.25, -0.2) is 0 Å². The van der Waals surface area contributed by atoms with Gasteiger partial charge in [-0.05, 0) is 37.8 Å². The number of amides is 1. The molecule has 80 valence electrons. The molecule has 1 aliphatic carbocycles. The van der Waals surface area contributed by atoms with Crippen LogP contribution < -0.4 is 10.5 Å². The van der Waals surface area contributed by atoms with Crippen LogP contribution in [0.15, 0.2) is 30.3 Å². The normalized spacial score (nSPS) is 18.7. The Morgan fingerprint density at radius 1 is 1.20 bits per heavy atom. The SMILES string of the molecule is NC(=O)C1(Oc2ccccc2)CCCC1. The van der Waals surface area contributed by atoms with Gasteiger partial charge in [0.05, 0.1) is 0 Å². The van der Waals surface area contributed by atoms with Crippen molar-refractivity contribution in [2.75, 3.05) is 0 Å². The van der Waals surface area contributed by atoms with Gasteiger partial charge in [-0.1, -0.05) is 18.2 Å². The number of ether oxygens (including phenoxy) is 1. The van der Waals surface area contributed by atoms with E-state index in [2.05, 4.69) is 0 Å². The highest BCUT2D eigenvalue weighted by atomic mass is 16.5. The Balaban J connectivity index is 2.18.